The molecule has 28 heavy (non-hydrogen) atoms. The fourth-order valence-electron chi connectivity index (χ4n) is 2.19. The van der Waals surface area contributed by atoms with Crippen LogP contribution < -0.4 is 20.3 Å². The molecular weight excluding hydrogens is 452 g/mol. The lowest BCUT2D eigenvalue weighted by molar-refractivity contribution is -0.123. The highest BCUT2D eigenvalue weighted by atomic mass is 79.9. The van der Waals surface area contributed by atoms with Gasteiger partial charge in [0, 0.05) is 16.6 Å². The van der Waals surface area contributed by atoms with E-state index in [9.17, 15) is 9.59 Å². The van der Waals surface area contributed by atoms with Gasteiger partial charge in [0.1, 0.15) is 18.1 Å². The Hall–Kier alpha value is -2.29. The fourth-order valence-corrected chi connectivity index (χ4v) is 2.78. The van der Waals surface area contributed by atoms with E-state index >= 15 is 0 Å². The van der Waals surface area contributed by atoms with Gasteiger partial charge in [0.05, 0.1) is 12.2 Å². The molecule has 0 spiro atoms. The van der Waals surface area contributed by atoms with Gasteiger partial charge in [-0.25, -0.2) is 0 Å². The number of hydrogen-bond acceptors (Lipinski definition) is 5. The van der Waals surface area contributed by atoms with Gasteiger partial charge in [0.15, 0.2) is 6.61 Å². The molecule has 0 fully saturated rings. The van der Waals surface area contributed by atoms with E-state index < -0.39 is 11.8 Å². The second-order valence-electron chi connectivity index (χ2n) is 5.68. The molecule has 0 aromatic heterocycles. The summed E-state index contributed by atoms with van der Waals surface area (Å²) in [4.78, 5) is 24.4. The number of benzene rings is 2. The number of carbonyl (C=O) groups is 2. The van der Waals surface area contributed by atoms with Crippen LogP contribution in [0.1, 0.15) is 15.9 Å². The van der Waals surface area contributed by atoms with Crippen molar-refractivity contribution in [1.29, 1.82) is 0 Å². The molecule has 0 aliphatic rings. The second-order valence-corrected chi connectivity index (χ2v) is 7.03. The minimum atomic E-state index is -0.523. The molecule has 2 N–H and O–H groups in total. The van der Waals surface area contributed by atoms with Gasteiger partial charge in [-0.1, -0.05) is 27.5 Å². The predicted octanol–water partition coefficient (Wildman–Crippen LogP) is 3.28. The summed E-state index contributed by atoms with van der Waals surface area (Å²) < 4.78 is 16.6. The molecule has 0 unspecified atom stereocenters. The van der Waals surface area contributed by atoms with Crippen LogP contribution in [0.4, 0.5) is 0 Å². The standard InChI is InChI=1S/C19H20BrClN2O5/c1-12-9-14(21)4-6-16(12)28-11-18(24)22-23-19(25)15-10-13(20)3-5-17(15)27-8-7-26-2/h3-6,9-10H,7-8,11H2,1-2H3,(H,22,24)(H,23,25). The van der Waals surface area contributed by atoms with Crippen molar-refractivity contribution in [2.24, 2.45) is 0 Å². The summed E-state index contributed by atoms with van der Waals surface area (Å²) in [6, 6.07) is 10.1. The first kappa shape index (κ1) is 22.0. The minimum Gasteiger partial charge on any atom is -0.490 e. The number of halogens is 2. The topological polar surface area (TPSA) is 85.9 Å². The largest absolute Gasteiger partial charge is 0.490 e. The van der Waals surface area contributed by atoms with Gasteiger partial charge < -0.3 is 14.2 Å². The Kier molecular flexibility index (Phi) is 8.56. The zero-order valence-electron chi connectivity index (χ0n) is 15.4. The first-order valence-corrected chi connectivity index (χ1v) is 9.47. The molecule has 0 saturated heterocycles. The average Bonchev–Trinajstić information content (AvgIpc) is 2.66. The molecule has 0 heterocycles. The zero-order valence-corrected chi connectivity index (χ0v) is 17.7. The van der Waals surface area contributed by atoms with E-state index in [1.54, 1.807) is 43.5 Å². The smallest absolute Gasteiger partial charge is 0.276 e. The van der Waals surface area contributed by atoms with Gasteiger partial charge in [-0.3, -0.25) is 20.4 Å². The number of aryl methyl sites for hydroxylation is 1. The van der Waals surface area contributed by atoms with Crippen molar-refractivity contribution < 1.29 is 23.8 Å². The molecule has 0 aliphatic carbocycles. The average molecular weight is 472 g/mol. The van der Waals surface area contributed by atoms with Crippen molar-refractivity contribution >= 4 is 39.3 Å². The Morgan fingerprint density at radius 2 is 1.79 bits per heavy atom. The van der Waals surface area contributed by atoms with Gasteiger partial charge in [0.2, 0.25) is 0 Å². The Balaban J connectivity index is 1.90. The molecule has 2 aromatic rings. The van der Waals surface area contributed by atoms with E-state index in [1.165, 1.54) is 0 Å². The van der Waals surface area contributed by atoms with Gasteiger partial charge >= 0.3 is 0 Å². The number of carbonyl (C=O) groups excluding carboxylic acids is 2. The molecule has 0 saturated carbocycles. The molecule has 9 heteroatoms. The molecule has 0 bridgehead atoms. The lowest BCUT2D eigenvalue weighted by Crippen LogP contribution is -2.44. The SMILES string of the molecule is COCCOc1ccc(Br)cc1C(=O)NNC(=O)COc1ccc(Cl)cc1C. The monoisotopic (exact) mass is 470 g/mol. The van der Waals surface area contributed by atoms with Crippen LogP contribution in [0.3, 0.4) is 0 Å². The number of hydrogen-bond donors (Lipinski definition) is 2. The summed E-state index contributed by atoms with van der Waals surface area (Å²) in [6.07, 6.45) is 0. The van der Waals surface area contributed by atoms with Crippen LogP contribution in [0.15, 0.2) is 40.9 Å². The quantitative estimate of drug-likeness (QED) is 0.456. The molecule has 2 aromatic carbocycles. The summed E-state index contributed by atoms with van der Waals surface area (Å²) in [7, 11) is 1.56. The molecule has 0 aliphatic heterocycles. The number of ether oxygens (including phenoxy) is 3. The Labute approximate surface area is 176 Å². The van der Waals surface area contributed by atoms with Crippen LogP contribution in [0.2, 0.25) is 5.02 Å². The van der Waals surface area contributed by atoms with Crippen molar-refractivity contribution in [3.8, 4) is 11.5 Å². The predicted molar refractivity (Wildman–Crippen MR) is 109 cm³/mol. The van der Waals surface area contributed by atoms with Crippen LogP contribution in [0, 0.1) is 6.92 Å². The van der Waals surface area contributed by atoms with E-state index in [2.05, 4.69) is 26.8 Å². The summed E-state index contributed by atoms with van der Waals surface area (Å²) in [5.74, 6) is -0.129. The van der Waals surface area contributed by atoms with E-state index in [4.69, 9.17) is 25.8 Å². The Morgan fingerprint density at radius 3 is 2.50 bits per heavy atom. The third-order valence-corrected chi connectivity index (χ3v) is 4.27. The van der Waals surface area contributed by atoms with Crippen LogP contribution in [-0.4, -0.2) is 38.7 Å². The highest BCUT2D eigenvalue weighted by molar-refractivity contribution is 9.10. The summed E-state index contributed by atoms with van der Waals surface area (Å²) in [6.45, 7) is 2.23. The van der Waals surface area contributed by atoms with E-state index in [0.717, 1.165) is 5.56 Å². The molecular formula is C19H20BrClN2O5. The summed E-state index contributed by atoms with van der Waals surface area (Å²) in [5.41, 5.74) is 5.72. The molecule has 0 atom stereocenters. The van der Waals surface area contributed by atoms with Crippen molar-refractivity contribution in [1.82, 2.24) is 10.9 Å². The molecule has 2 amide bonds. The minimum absolute atomic E-state index is 0.264. The second kappa shape index (κ2) is 10.9. The summed E-state index contributed by atoms with van der Waals surface area (Å²) in [5, 5.41) is 0.583. The fraction of sp³-hybridized carbons (Fsp3) is 0.263. The van der Waals surface area contributed by atoms with Gasteiger partial charge in [-0.05, 0) is 48.9 Å². The lowest BCUT2D eigenvalue weighted by Gasteiger charge is -2.13. The Morgan fingerprint density at radius 1 is 1.04 bits per heavy atom. The van der Waals surface area contributed by atoms with Crippen molar-refractivity contribution in [3.05, 3.63) is 57.0 Å². The maximum atomic E-state index is 12.4. The van der Waals surface area contributed by atoms with Crippen LogP contribution in [0.25, 0.3) is 0 Å². The van der Waals surface area contributed by atoms with Gasteiger partial charge in [-0.2, -0.15) is 0 Å². The van der Waals surface area contributed by atoms with Crippen molar-refractivity contribution in [2.45, 2.75) is 6.92 Å². The maximum Gasteiger partial charge on any atom is 0.276 e. The highest BCUT2D eigenvalue weighted by Crippen LogP contribution is 2.23. The van der Waals surface area contributed by atoms with Gasteiger partial charge in [0.25, 0.3) is 11.8 Å². The zero-order chi connectivity index (χ0) is 20.5. The number of nitrogens with one attached hydrogen (secondary N) is 2. The van der Waals surface area contributed by atoms with Crippen LogP contribution >= 0.6 is 27.5 Å². The Bertz CT molecular complexity index is 847. The number of hydrazine groups is 1. The third-order valence-electron chi connectivity index (χ3n) is 3.54. The van der Waals surface area contributed by atoms with Crippen LogP contribution in [0.5, 0.6) is 11.5 Å². The van der Waals surface area contributed by atoms with Gasteiger partial charge in [-0.15, -0.1) is 0 Å². The molecule has 0 radical (unpaired) electrons. The third kappa shape index (κ3) is 6.70. The molecule has 2 rings (SSSR count). The summed E-state index contributed by atoms with van der Waals surface area (Å²) >= 11 is 9.20. The first-order valence-electron chi connectivity index (χ1n) is 8.30. The number of methoxy groups -OCH3 is 1. The maximum absolute atomic E-state index is 12.4. The van der Waals surface area contributed by atoms with E-state index in [1.807, 2.05) is 6.92 Å². The molecule has 150 valence electrons. The lowest BCUT2D eigenvalue weighted by atomic mass is 10.2. The van der Waals surface area contributed by atoms with Crippen molar-refractivity contribution in [2.75, 3.05) is 26.9 Å². The normalized spacial score (nSPS) is 10.3. The molecule has 7 nitrogen and oxygen atoms in total. The van der Waals surface area contributed by atoms with E-state index in [-0.39, 0.29) is 12.2 Å². The highest BCUT2D eigenvalue weighted by Gasteiger charge is 2.15. The number of amides is 2. The number of rotatable bonds is 8. The first-order chi connectivity index (χ1) is 13.4. The van der Waals surface area contributed by atoms with E-state index in [0.29, 0.717) is 34.2 Å². The van der Waals surface area contributed by atoms with Crippen molar-refractivity contribution in [3.63, 3.8) is 0 Å². The van der Waals surface area contributed by atoms with Crippen LogP contribution in [-0.2, 0) is 9.53 Å².